The average molecular weight is 555 g/mol. The molecule has 1 aliphatic heterocycles. The number of hydrogen-bond donors (Lipinski definition) is 2. The van der Waals surface area contributed by atoms with E-state index >= 15 is 0 Å². The van der Waals surface area contributed by atoms with Crippen molar-refractivity contribution < 1.29 is 14.3 Å². The van der Waals surface area contributed by atoms with Crippen LogP contribution in [0.1, 0.15) is 31.1 Å². The highest BCUT2D eigenvalue weighted by Gasteiger charge is 2.29. The maximum atomic E-state index is 13.5. The van der Waals surface area contributed by atoms with Gasteiger partial charge < -0.3 is 20.2 Å². The van der Waals surface area contributed by atoms with Crippen molar-refractivity contribution >= 4 is 28.4 Å². The fraction of sp³-hybridized carbons (Fsp3) is 0.407. The Balaban J connectivity index is 1.92. The van der Waals surface area contributed by atoms with Crippen molar-refractivity contribution in [2.75, 3.05) is 46.2 Å². The number of rotatable bonds is 9. The molecule has 2 N–H and O–H groups in total. The Bertz CT molecular complexity index is 1280. The molecule has 39 heavy (non-hydrogen) atoms. The van der Waals surface area contributed by atoms with Gasteiger partial charge in [0, 0.05) is 53.0 Å². The summed E-state index contributed by atoms with van der Waals surface area (Å²) in [5, 5.41) is 26.9. The Morgan fingerprint density at radius 3 is 2.46 bits per heavy atom. The quantitative estimate of drug-likeness (QED) is 0.268. The zero-order valence-electron chi connectivity index (χ0n) is 23.0. The summed E-state index contributed by atoms with van der Waals surface area (Å²) in [4.78, 5) is 25.1. The summed E-state index contributed by atoms with van der Waals surface area (Å²) in [5.41, 5.74) is 2.11. The molecular formula is C27H35FN8O2S. The molecule has 1 saturated heterocycles. The number of carboxylic acid groups (broad SMARTS) is 1. The Hall–Kier alpha value is -4.11. The first-order valence-corrected chi connectivity index (χ1v) is 13.4. The summed E-state index contributed by atoms with van der Waals surface area (Å²) in [6.07, 6.45) is 3.24. The van der Waals surface area contributed by atoms with E-state index in [0.717, 1.165) is 11.5 Å². The number of halogens is 1. The predicted molar refractivity (Wildman–Crippen MR) is 152 cm³/mol. The molecule has 1 aromatic heterocycles. The summed E-state index contributed by atoms with van der Waals surface area (Å²) in [5.74, 6) is -0.0141. The van der Waals surface area contributed by atoms with Gasteiger partial charge in [-0.1, -0.05) is 24.8 Å². The van der Waals surface area contributed by atoms with Crippen molar-refractivity contribution in [3.8, 4) is 17.3 Å². The zero-order valence-corrected chi connectivity index (χ0v) is 23.8. The van der Waals surface area contributed by atoms with Gasteiger partial charge in [0.25, 0.3) is 0 Å². The smallest absolute Gasteiger partial charge is 0.306 e. The van der Waals surface area contributed by atoms with E-state index in [1.807, 2.05) is 50.0 Å². The molecular weight excluding hydrogens is 519 g/mol. The maximum Gasteiger partial charge on any atom is 0.306 e. The summed E-state index contributed by atoms with van der Waals surface area (Å²) < 4.78 is 13.5. The molecule has 0 aliphatic carbocycles. The minimum Gasteiger partial charge on any atom is -0.481 e. The van der Waals surface area contributed by atoms with Crippen LogP contribution in [-0.4, -0.2) is 78.2 Å². The van der Waals surface area contributed by atoms with E-state index < -0.39 is 5.97 Å². The molecule has 0 atom stereocenters. The first kappa shape index (κ1) is 29.4. The van der Waals surface area contributed by atoms with E-state index in [0.29, 0.717) is 59.6 Å². The number of benzene rings is 1. The van der Waals surface area contributed by atoms with E-state index in [2.05, 4.69) is 27.9 Å². The summed E-state index contributed by atoms with van der Waals surface area (Å²) in [7, 11) is 7.53. The van der Waals surface area contributed by atoms with E-state index in [-0.39, 0.29) is 11.7 Å². The van der Waals surface area contributed by atoms with E-state index in [1.54, 1.807) is 12.1 Å². The van der Waals surface area contributed by atoms with Crippen LogP contribution in [0.25, 0.3) is 11.3 Å². The minimum atomic E-state index is -0.760. The molecule has 1 fully saturated rings. The Kier molecular flexibility index (Phi) is 9.89. The van der Waals surface area contributed by atoms with Gasteiger partial charge in [-0.05, 0) is 43.5 Å². The van der Waals surface area contributed by atoms with Crippen molar-refractivity contribution in [3.05, 3.63) is 59.3 Å². The molecule has 2 aromatic rings. The number of hydrazine groups is 1. The number of aliphatic imine (C=N–C) groups is 1. The van der Waals surface area contributed by atoms with Crippen LogP contribution in [0.5, 0.6) is 0 Å². The lowest BCUT2D eigenvalue weighted by Gasteiger charge is -2.41. The fourth-order valence-electron chi connectivity index (χ4n) is 4.58. The number of anilines is 1. The summed E-state index contributed by atoms with van der Waals surface area (Å²) in [6, 6.07) is 8.15. The molecule has 0 spiro atoms. The fourth-order valence-corrected chi connectivity index (χ4v) is 5.43. The Labute approximate surface area is 233 Å². The van der Waals surface area contributed by atoms with Crippen LogP contribution >= 0.6 is 11.3 Å². The van der Waals surface area contributed by atoms with Gasteiger partial charge in [0.05, 0.1) is 11.6 Å². The highest BCUT2D eigenvalue weighted by Crippen LogP contribution is 2.34. The second-order valence-corrected chi connectivity index (χ2v) is 9.99. The van der Waals surface area contributed by atoms with E-state index in [1.165, 1.54) is 29.7 Å². The third-order valence-corrected chi connectivity index (χ3v) is 7.80. The number of aromatic nitrogens is 1. The van der Waals surface area contributed by atoms with Crippen LogP contribution in [0.3, 0.4) is 0 Å². The van der Waals surface area contributed by atoms with Gasteiger partial charge in [0.15, 0.2) is 5.13 Å². The second kappa shape index (κ2) is 13.1. The van der Waals surface area contributed by atoms with Crippen molar-refractivity contribution in [2.45, 2.75) is 26.2 Å². The zero-order chi connectivity index (χ0) is 28.7. The number of thiazole rings is 1. The van der Waals surface area contributed by atoms with Crippen molar-refractivity contribution in [2.24, 2.45) is 10.9 Å². The van der Waals surface area contributed by atoms with Crippen LogP contribution in [0.4, 0.5) is 9.52 Å². The molecule has 10 nitrogen and oxygen atoms in total. The predicted octanol–water partition coefficient (Wildman–Crippen LogP) is 4.13. The SMILES string of the molecule is C=C/N=C(/N1CCC(C(=O)O)CC1)N(C)N(C)/C(CC)=C(\NC)N(C)c1nc(-c2ccc(F)cc2)c(C#N)s1. The third kappa shape index (κ3) is 6.49. The number of nitrogens with one attached hydrogen (secondary N) is 1. The van der Waals surface area contributed by atoms with Crippen molar-refractivity contribution in [3.63, 3.8) is 0 Å². The molecule has 0 saturated carbocycles. The van der Waals surface area contributed by atoms with Gasteiger partial charge in [0.1, 0.15) is 28.3 Å². The van der Waals surface area contributed by atoms with Crippen LogP contribution in [0, 0.1) is 23.1 Å². The lowest BCUT2D eigenvalue weighted by molar-refractivity contribution is -0.143. The number of carbonyl (C=O) groups is 1. The van der Waals surface area contributed by atoms with Crippen molar-refractivity contribution in [1.82, 2.24) is 25.2 Å². The number of piperidine rings is 1. The van der Waals surface area contributed by atoms with Gasteiger partial charge in [-0.3, -0.25) is 14.8 Å². The molecule has 0 unspecified atom stereocenters. The van der Waals surface area contributed by atoms with Gasteiger partial charge in [-0.15, -0.1) is 0 Å². The lowest BCUT2D eigenvalue weighted by atomic mass is 9.97. The molecule has 1 aromatic carbocycles. The largest absolute Gasteiger partial charge is 0.481 e. The lowest BCUT2D eigenvalue weighted by Crippen LogP contribution is -2.52. The number of aliphatic carboxylic acids is 1. The first-order chi connectivity index (χ1) is 18.7. The number of nitriles is 1. The number of carboxylic acids is 1. The summed E-state index contributed by atoms with van der Waals surface area (Å²) >= 11 is 1.26. The van der Waals surface area contributed by atoms with Gasteiger partial charge in [-0.2, -0.15) is 5.26 Å². The van der Waals surface area contributed by atoms with Crippen molar-refractivity contribution in [1.29, 1.82) is 5.26 Å². The summed E-state index contributed by atoms with van der Waals surface area (Å²) in [6.45, 7) is 6.97. The molecule has 3 rings (SSSR count). The number of likely N-dealkylation sites (tertiary alicyclic amines) is 1. The normalized spacial score (nSPS) is 14.8. The highest BCUT2D eigenvalue weighted by molar-refractivity contribution is 7.16. The topological polar surface area (TPSA) is 111 Å². The first-order valence-electron chi connectivity index (χ1n) is 12.6. The molecule has 1 aliphatic rings. The molecule has 12 heteroatoms. The molecule has 208 valence electrons. The van der Waals surface area contributed by atoms with Crippen LogP contribution < -0.4 is 10.2 Å². The number of allylic oxidation sites excluding steroid dienone is 1. The van der Waals surface area contributed by atoms with Gasteiger partial charge >= 0.3 is 5.97 Å². The Morgan fingerprint density at radius 2 is 1.95 bits per heavy atom. The van der Waals surface area contributed by atoms with Gasteiger partial charge in [0.2, 0.25) is 5.96 Å². The van der Waals surface area contributed by atoms with Gasteiger partial charge in [-0.25, -0.2) is 14.4 Å². The standard InChI is InChI=1S/C27H35FN8O2S/c1-7-21(34(5)35(6)26(31-8-2)36-15-13-19(14-16-36)25(37)38)24(30-3)33(4)27-32-23(22(17-29)39-27)18-9-11-20(28)12-10-18/h8-12,19,30H,2,7,13-16H2,1,3-6H3,(H,37,38)/b24-21+,31-26+. The number of guanidine groups is 1. The number of nitrogens with zero attached hydrogens (tertiary/aromatic N) is 7. The number of hydrogen-bond acceptors (Lipinski definition) is 8. The second-order valence-electron chi connectivity index (χ2n) is 9.01. The average Bonchev–Trinajstić information content (AvgIpc) is 3.38. The van der Waals surface area contributed by atoms with Crippen LogP contribution in [-0.2, 0) is 4.79 Å². The molecule has 2 heterocycles. The highest BCUT2D eigenvalue weighted by atomic mass is 32.1. The minimum absolute atomic E-state index is 0.346. The molecule has 0 amide bonds. The molecule has 0 bridgehead atoms. The van der Waals surface area contributed by atoms with E-state index in [9.17, 15) is 19.6 Å². The van der Waals surface area contributed by atoms with E-state index in [4.69, 9.17) is 4.98 Å². The monoisotopic (exact) mass is 554 g/mol. The van der Waals surface area contributed by atoms with Crippen LogP contribution in [0.2, 0.25) is 0 Å². The van der Waals surface area contributed by atoms with Crippen LogP contribution in [0.15, 0.2) is 53.6 Å². The maximum absolute atomic E-state index is 13.5. The molecule has 0 radical (unpaired) electrons. The Morgan fingerprint density at radius 1 is 1.31 bits per heavy atom. The third-order valence-electron chi connectivity index (χ3n) is 6.77.